The number of likely N-dealkylation sites (N-methyl/N-ethyl adjacent to an activating group) is 1. The van der Waals surface area contributed by atoms with Crippen molar-refractivity contribution in [2.45, 2.75) is 50.6 Å². The van der Waals surface area contributed by atoms with Crippen molar-refractivity contribution in [2.75, 3.05) is 7.05 Å². The molecule has 0 bridgehead atoms. The first-order valence-corrected chi connectivity index (χ1v) is 8.07. The molecule has 3 atom stereocenters. The van der Waals surface area contributed by atoms with E-state index in [1.807, 2.05) is 6.20 Å². The smallest absolute Gasteiger partial charge is 0.108 e. The lowest BCUT2D eigenvalue weighted by Gasteiger charge is -2.37. The average molecular weight is 283 g/mol. The topological polar surface area (TPSA) is 29.9 Å². The van der Waals surface area contributed by atoms with E-state index in [4.69, 9.17) is 0 Å². The summed E-state index contributed by atoms with van der Waals surface area (Å²) < 4.78 is 2.40. The molecule has 1 heterocycles. The molecule has 0 spiro atoms. The second kappa shape index (κ2) is 6.44. The molecule has 1 aliphatic carbocycles. The highest BCUT2D eigenvalue weighted by Crippen LogP contribution is 2.39. The van der Waals surface area contributed by atoms with Gasteiger partial charge in [-0.3, -0.25) is 0 Å². The van der Waals surface area contributed by atoms with E-state index < -0.39 is 0 Å². The molecular formula is C18H25N3. The van der Waals surface area contributed by atoms with Gasteiger partial charge >= 0.3 is 0 Å². The van der Waals surface area contributed by atoms with Crippen LogP contribution in [0.5, 0.6) is 0 Å². The van der Waals surface area contributed by atoms with Crippen LogP contribution in [0.4, 0.5) is 0 Å². The van der Waals surface area contributed by atoms with E-state index in [-0.39, 0.29) is 0 Å². The summed E-state index contributed by atoms with van der Waals surface area (Å²) in [6, 6.07) is 12.0. The zero-order chi connectivity index (χ0) is 14.7. The molecule has 112 valence electrons. The van der Waals surface area contributed by atoms with Crippen LogP contribution in [0.2, 0.25) is 0 Å². The minimum atomic E-state index is 0.506. The first kappa shape index (κ1) is 14.3. The highest BCUT2D eigenvalue weighted by atomic mass is 15.1. The Morgan fingerprint density at radius 1 is 1.24 bits per heavy atom. The van der Waals surface area contributed by atoms with Crippen molar-refractivity contribution in [3.8, 4) is 0 Å². The minimum Gasteiger partial charge on any atom is -0.330 e. The summed E-state index contributed by atoms with van der Waals surface area (Å²) in [5, 5.41) is 3.52. The lowest BCUT2D eigenvalue weighted by atomic mass is 9.78. The van der Waals surface area contributed by atoms with E-state index >= 15 is 0 Å². The molecular weight excluding hydrogens is 258 g/mol. The maximum absolute atomic E-state index is 4.51. The molecule has 1 aromatic carbocycles. The van der Waals surface area contributed by atoms with Crippen LogP contribution in [0, 0.1) is 0 Å². The van der Waals surface area contributed by atoms with Crippen LogP contribution in [0.15, 0.2) is 42.7 Å². The molecule has 0 aliphatic heterocycles. The molecule has 21 heavy (non-hydrogen) atoms. The van der Waals surface area contributed by atoms with Gasteiger partial charge in [-0.2, -0.15) is 0 Å². The Labute approximate surface area is 127 Å². The molecule has 3 rings (SSSR count). The van der Waals surface area contributed by atoms with Gasteiger partial charge in [0.05, 0.1) is 6.04 Å². The summed E-state index contributed by atoms with van der Waals surface area (Å²) in [5.74, 6) is 1.86. The van der Waals surface area contributed by atoms with Crippen LogP contribution in [-0.4, -0.2) is 22.6 Å². The van der Waals surface area contributed by atoms with Gasteiger partial charge in [-0.15, -0.1) is 0 Å². The van der Waals surface area contributed by atoms with Gasteiger partial charge < -0.3 is 9.88 Å². The molecule has 3 nitrogen and oxygen atoms in total. The third-order valence-electron chi connectivity index (χ3n) is 4.88. The molecule has 0 amide bonds. The monoisotopic (exact) mass is 283 g/mol. The Balaban J connectivity index is 1.86. The zero-order valence-corrected chi connectivity index (χ0v) is 13.0. The fourth-order valence-electron chi connectivity index (χ4n) is 3.74. The Morgan fingerprint density at radius 3 is 2.76 bits per heavy atom. The number of aromatic nitrogens is 2. The molecule has 1 N–H and O–H groups in total. The lowest BCUT2D eigenvalue weighted by Crippen LogP contribution is -2.40. The van der Waals surface area contributed by atoms with E-state index in [9.17, 15) is 0 Å². The molecule has 1 fully saturated rings. The van der Waals surface area contributed by atoms with E-state index in [2.05, 4.69) is 65.4 Å². The van der Waals surface area contributed by atoms with Crippen molar-refractivity contribution in [3.63, 3.8) is 0 Å². The SMILES string of the molecule is CCc1nccn1C1CC(c2ccccc2)CCC1NC. The van der Waals surface area contributed by atoms with Gasteiger partial charge in [0.2, 0.25) is 0 Å². The van der Waals surface area contributed by atoms with Crippen LogP contribution < -0.4 is 5.32 Å². The molecule has 3 heteroatoms. The molecule has 1 saturated carbocycles. The zero-order valence-electron chi connectivity index (χ0n) is 13.0. The van der Waals surface area contributed by atoms with Gasteiger partial charge in [-0.1, -0.05) is 37.3 Å². The predicted octanol–water partition coefficient (Wildman–Crippen LogP) is 3.54. The van der Waals surface area contributed by atoms with Crippen molar-refractivity contribution in [1.82, 2.24) is 14.9 Å². The predicted molar refractivity (Wildman–Crippen MR) is 86.5 cm³/mol. The Bertz CT molecular complexity index is 561. The van der Waals surface area contributed by atoms with Crippen LogP contribution in [-0.2, 0) is 6.42 Å². The average Bonchev–Trinajstić information content (AvgIpc) is 3.03. The maximum Gasteiger partial charge on any atom is 0.108 e. The van der Waals surface area contributed by atoms with Crippen molar-refractivity contribution in [2.24, 2.45) is 0 Å². The van der Waals surface area contributed by atoms with E-state index in [1.54, 1.807) is 0 Å². The van der Waals surface area contributed by atoms with Gasteiger partial charge in [0.25, 0.3) is 0 Å². The summed E-state index contributed by atoms with van der Waals surface area (Å²) >= 11 is 0. The quantitative estimate of drug-likeness (QED) is 0.930. The standard InChI is InChI=1S/C18H25N3/c1-3-18-20-11-12-21(18)17-13-15(9-10-16(17)19-2)14-7-5-4-6-8-14/h4-8,11-12,15-17,19H,3,9-10,13H2,1-2H3. The third-order valence-corrected chi connectivity index (χ3v) is 4.88. The second-order valence-electron chi connectivity index (χ2n) is 5.99. The van der Waals surface area contributed by atoms with Gasteiger partial charge in [0.15, 0.2) is 0 Å². The van der Waals surface area contributed by atoms with Crippen LogP contribution in [0.25, 0.3) is 0 Å². The van der Waals surface area contributed by atoms with E-state index in [0.29, 0.717) is 18.0 Å². The fourth-order valence-corrected chi connectivity index (χ4v) is 3.74. The van der Waals surface area contributed by atoms with E-state index in [1.165, 1.54) is 30.7 Å². The first-order valence-electron chi connectivity index (χ1n) is 8.07. The molecule has 3 unspecified atom stereocenters. The summed E-state index contributed by atoms with van der Waals surface area (Å²) in [6.07, 6.45) is 8.78. The molecule has 0 saturated heterocycles. The molecule has 2 aromatic rings. The minimum absolute atomic E-state index is 0.506. The number of hydrogen-bond donors (Lipinski definition) is 1. The van der Waals surface area contributed by atoms with Crippen molar-refractivity contribution in [3.05, 3.63) is 54.1 Å². The summed E-state index contributed by atoms with van der Waals surface area (Å²) in [4.78, 5) is 4.51. The number of rotatable bonds is 4. The van der Waals surface area contributed by atoms with Crippen LogP contribution >= 0.6 is 0 Å². The Kier molecular flexibility index (Phi) is 4.39. The van der Waals surface area contributed by atoms with Crippen molar-refractivity contribution < 1.29 is 0 Å². The second-order valence-corrected chi connectivity index (χ2v) is 5.99. The van der Waals surface area contributed by atoms with Crippen LogP contribution in [0.3, 0.4) is 0 Å². The first-order chi connectivity index (χ1) is 10.3. The lowest BCUT2D eigenvalue weighted by molar-refractivity contribution is 0.246. The summed E-state index contributed by atoms with van der Waals surface area (Å²) in [5.41, 5.74) is 1.48. The van der Waals surface area contributed by atoms with Crippen molar-refractivity contribution >= 4 is 0 Å². The number of aryl methyl sites for hydroxylation is 1. The summed E-state index contributed by atoms with van der Waals surface area (Å²) in [7, 11) is 2.09. The van der Waals surface area contributed by atoms with Gasteiger partial charge in [0, 0.05) is 24.9 Å². The van der Waals surface area contributed by atoms with Crippen molar-refractivity contribution in [1.29, 1.82) is 0 Å². The molecule has 1 aliphatic rings. The van der Waals surface area contributed by atoms with Gasteiger partial charge in [-0.25, -0.2) is 4.98 Å². The normalized spacial score (nSPS) is 25.9. The summed E-state index contributed by atoms with van der Waals surface area (Å²) in [6.45, 7) is 2.19. The number of benzene rings is 1. The van der Waals surface area contributed by atoms with Gasteiger partial charge in [0.1, 0.15) is 5.82 Å². The van der Waals surface area contributed by atoms with E-state index in [0.717, 1.165) is 6.42 Å². The number of nitrogens with zero attached hydrogens (tertiary/aromatic N) is 2. The largest absolute Gasteiger partial charge is 0.330 e. The maximum atomic E-state index is 4.51. The number of nitrogens with one attached hydrogen (secondary N) is 1. The molecule has 0 radical (unpaired) electrons. The Hall–Kier alpha value is -1.61. The highest BCUT2D eigenvalue weighted by Gasteiger charge is 2.32. The highest BCUT2D eigenvalue weighted by molar-refractivity contribution is 5.21. The van der Waals surface area contributed by atoms with Gasteiger partial charge in [-0.05, 0) is 37.8 Å². The third kappa shape index (κ3) is 2.88. The fraction of sp³-hybridized carbons (Fsp3) is 0.500. The number of imidazole rings is 1. The molecule has 1 aromatic heterocycles. The van der Waals surface area contributed by atoms with Crippen LogP contribution in [0.1, 0.15) is 49.5 Å². The Morgan fingerprint density at radius 2 is 2.05 bits per heavy atom. The number of hydrogen-bond acceptors (Lipinski definition) is 2.